The first-order valence-electron chi connectivity index (χ1n) is 19.4. The van der Waals surface area contributed by atoms with Gasteiger partial charge in [0.1, 0.15) is 39.4 Å². The number of likely N-dealkylation sites (tertiary alicyclic amines) is 1. The van der Waals surface area contributed by atoms with Gasteiger partial charge in [0, 0.05) is 24.7 Å². The molecule has 0 saturated carbocycles. The molecular formula is C43H49ClN6O10S. The van der Waals surface area contributed by atoms with Gasteiger partial charge in [-0.3, -0.25) is 10.7 Å². The SMILES string of the molecule is CC(C)(C)OC(=O)Nc1nc(/C(=N/O[C@@H](COc2ccc(C(=N)NC3CCN(C(=O)OC(C)(C)C)CC3)cc2)C(=O)OC(c2ccccc2)c2ccccc2)C(=O)O)c(Cl)s1. The van der Waals surface area contributed by atoms with E-state index in [0.717, 1.165) is 11.3 Å². The van der Waals surface area contributed by atoms with Gasteiger partial charge in [-0.1, -0.05) is 88.8 Å². The summed E-state index contributed by atoms with van der Waals surface area (Å²) in [5.74, 6) is -2.03. The van der Waals surface area contributed by atoms with Crippen molar-refractivity contribution >= 4 is 63.7 Å². The molecule has 1 atom stereocenters. The van der Waals surface area contributed by atoms with Crippen LogP contribution in [0.1, 0.15) is 82.9 Å². The molecule has 2 amide bonds. The number of rotatable bonds is 14. The highest BCUT2D eigenvalue weighted by molar-refractivity contribution is 7.20. The molecule has 4 aromatic rings. The van der Waals surface area contributed by atoms with Gasteiger partial charge in [0.05, 0.1) is 0 Å². The van der Waals surface area contributed by atoms with Gasteiger partial charge in [-0.05, 0) is 89.8 Å². The average Bonchev–Trinajstić information content (AvgIpc) is 3.55. The van der Waals surface area contributed by atoms with Gasteiger partial charge >= 0.3 is 24.1 Å². The van der Waals surface area contributed by atoms with Gasteiger partial charge in [-0.25, -0.2) is 24.2 Å². The zero-order valence-electron chi connectivity index (χ0n) is 34.6. The minimum Gasteiger partial charge on any atom is -0.489 e. The van der Waals surface area contributed by atoms with Crippen molar-refractivity contribution in [3.05, 3.63) is 112 Å². The number of aliphatic carboxylic acids is 1. The Hall–Kier alpha value is -6.20. The van der Waals surface area contributed by atoms with Gasteiger partial charge in [0.2, 0.25) is 5.71 Å². The van der Waals surface area contributed by atoms with E-state index in [1.165, 1.54) is 0 Å². The maximum Gasteiger partial charge on any atom is 0.413 e. The van der Waals surface area contributed by atoms with Crippen molar-refractivity contribution < 1.29 is 48.1 Å². The molecule has 5 rings (SSSR count). The Bertz CT molecular complexity index is 2140. The minimum absolute atomic E-state index is 0.0233. The van der Waals surface area contributed by atoms with Crippen LogP contribution in [0.5, 0.6) is 5.75 Å². The summed E-state index contributed by atoms with van der Waals surface area (Å²) >= 11 is 7.13. The maximum absolute atomic E-state index is 14.0. The first-order chi connectivity index (χ1) is 28.8. The molecule has 0 unspecified atom stereocenters. The number of anilines is 1. The van der Waals surface area contributed by atoms with Crippen molar-refractivity contribution in [2.45, 2.75) is 83.8 Å². The van der Waals surface area contributed by atoms with Gasteiger partial charge in [-0.15, -0.1) is 0 Å². The van der Waals surface area contributed by atoms with E-state index in [-0.39, 0.29) is 33.1 Å². The molecule has 1 aliphatic rings. The van der Waals surface area contributed by atoms with E-state index in [4.69, 9.17) is 40.8 Å². The van der Waals surface area contributed by atoms with E-state index in [1.54, 1.807) is 98.5 Å². The maximum atomic E-state index is 14.0. The zero-order chi connectivity index (χ0) is 44.3. The Morgan fingerprint density at radius 2 is 1.48 bits per heavy atom. The van der Waals surface area contributed by atoms with Crippen LogP contribution in [-0.2, 0) is 28.6 Å². The quantitative estimate of drug-likeness (QED) is 0.0312. The number of esters is 1. The number of ether oxygens (including phenoxy) is 4. The zero-order valence-corrected chi connectivity index (χ0v) is 36.2. The summed E-state index contributed by atoms with van der Waals surface area (Å²) in [5.41, 5.74) is -0.589. The summed E-state index contributed by atoms with van der Waals surface area (Å²) in [6.07, 6.45) is -2.40. The molecule has 0 radical (unpaired) electrons. The lowest BCUT2D eigenvalue weighted by molar-refractivity contribution is -0.163. The smallest absolute Gasteiger partial charge is 0.413 e. The van der Waals surface area contributed by atoms with Crippen LogP contribution in [0.4, 0.5) is 14.7 Å². The number of oxime groups is 1. The Morgan fingerprint density at radius 1 is 0.902 bits per heavy atom. The number of benzene rings is 3. The van der Waals surface area contributed by atoms with E-state index in [9.17, 15) is 24.3 Å². The molecule has 324 valence electrons. The lowest BCUT2D eigenvalue weighted by Gasteiger charge is -2.34. The summed E-state index contributed by atoms with van der Waals surface area (Å²) in [6.45, 7) is 11.0. The first kappa shape index (κ1) is 45.9. The van der Waals surface area contributed by atoms with E-state index in [0.29, 0.717) is 48.4 Å². The third-order valence-corrected chi connectivity index (χ3v) is 9.80. The number of carbonyl (C=O) groups excluding carboxylic acids is 3. The fourth-order valence-corrected chi connectivity index (χ4v) is 6.85. The molecular weight excluding hydrogens is 828 g/mol. The molecule has 0 aliphatic carbocycles. The highest BCUT2D eigenvalue weighted by Gasteiger charge is 2.31. The summed E-state index contributed by atoms with van der Waals surface area (Å²) in [4.78, 5) is 62.7. The molecule has 0 bridgehead atoms. The number of aromatic nitrogens is 1. The number of piperidine rings is 1. The van der Waals surface area contributed by atoms with Gasteiger partial charge < -0.3 is 39.1 Å². The second-order valence-electron chi connectivity index (χ2n) is 15.8. The Balaban J connectivity index is 1.31. The lowest BCUT2D eigenvalue weighted by atomic mass is 10.0. The number of nitrogens with one attached hydrogen (secondary N) is 3. The number of hydrogen-bond acceptors (Lipinski definition) is 13. The van der Waals surface area contributed by atoms with Gasteiger partial charge in [-0.2, -0.15) is 0 Å². The van der Waals surface area contributed by atoms with E-state index < -0.39 is 53.8 Å². The second-order valence-corrected chi connectivity index (χ2v) is 17.4. The number of carboxylic acid groups (broad SMARTS) is 1. The molecule has 1 fully saturated rings. The number of hydrogen-bond donors (Lipinski definition) is 4. The normalized spacial score (nSPS) is 14.1. The standard InChI is InChI=1S/C43H49ClN6O10S/c1-42(2,3)58-40(54)48-39-47-32(35(44)61-39)33(37(51)52)49-60-31(38(53)57-34(26-13-9-7-10-14-26)27-15-11-8-12-16-27)25-56-30-19-17-28(18-20-30)36(45)46-29-21-23-50(24-22-29)41(55)59-43(4,5)6/h7-20,29,31,34H,21-25H2,1-6H3,(H2,45,46)(H,51,52)(H,47,48,54)/b49-33-/t31-/m0/s1. The number of amides is 2. The summed E-state index contributed by atoms with van der Waals surface area (Å²) in [5, 5.41) is 28.2. The average molecular weight is 877 g/mol. The fourth-order valence-electron chi connectivity index (χ4n) is 5.82. The number of carbonyl (C=O) groups is 4. The van der Waals surface area contributed by atoms with E-state index in [2.05, 4.69) is 20.8 Å². The summed E-state index contributed by atoms with van der Waals surface area (Å²) in [7, 11) is 0. The monoisotopic (exact) mass is 876 g/mol. The molecule has 0 spiro atoms. The highest BCUT2D eigenvalue weighted by Crippen LogP contribution is 2.30. The van der Waals surface area contributed by atoms with Crippen LogP contribution in [0.2, 0.25) is 4.34 Å². The number of amidine groups is 1. The molecule has 1 aromatic heterocycles. The predicted octanol–water partition coefficient (Wildman–Crippen LogP) is 8.04. The third-order valence-electron chi connectivity index (χ3n) is 8.63. The van der Waals surface area contributed by atoms with E-state index >= 15 is 0 Å². The fraction of sp³-hybridized carbons (Fsp3) is 0.372. The van der Waals surface area contributed by atoms with Crippen LogP contribution in [0, 0.1) is 5.41 Å². The molecule has 1 aliphatic heterocycles. The van der Waals surface area contributed by atoms with Crippen LogP contribution >= 0.6 is 22.9 Å². The van der Waals surface area contributed by atoms with Crippen LogP contribution < -0.4 is 15.4 Å². The van der Waals surface area contributed by atoms with Crippen LogP contribution in [0.3, 0.4) is 0 Å². The number of thiazole rings is 1. The number of nitrogens with zero attached hydrogens (tertiary/aromatic N) is 3. The number of carboxylic acids is 1. The Kier molecular flexibility index (Phi) is 15.3. The van der Waals surface area contributed by atoms with Crippen LogP contribution in [0.25, 0.3) is 0 Å². The van der Waals surface area contributed by atoms with Crippen molar-refractivity contribution in [2.75, 3.05) is 25.0 Å². The first-order valence-corrected chi connectivity index (χ1v) is 20.5. The predicted molar refractivity (Wildman–Crippen MR) is 230 cm³/mol. The summed E-state index contributed by atoms with van der Waals surface area (Å²) < 4.78 is 22.6. The Morgan fingerprint density at radius 3 is 2.02 bits per heavy atom. The molecule has 2 heterocycles. The van der Waals surface area contributed by atoms with Crippen molar-refractivity contribution in [3.8, 4) is 5.75 Å². The van der Waals surface area contributed by atoms with Crippen LogP contribution in [0.15, 0.2) is 90.1 Å². The second kappa shape index (κ2) is 20.4. The van der Waals surface area contributed by atoms with Crippen molar-refractivity contribution in [1.82, 2.24) is 15.2 Å². The molecule has 3 aromatic carbocycles. The topological polar surface area (TPSA) is 211 Å². The molecule has 16 nitrogen and oxygen atoms in total. The number of halogens is 1. The lowest BCUT2D eigenvalue weighted by Crippen LogP contribution is -2.47. The van der Waals surface area contributed by atoms with Gasteiger partial charge in [0.25, 0.3) is 6.10 Å². The van der Waals surface area contributed by atoms with E-state index in [1.807, 2.05) is 32.9 Å². The molecule has 4 N–H and O–H groups in total. The summed E-state index contributed by atoms with van der Waals surface area (Å²) in [6, 6.07) is 24.6. The largest absolute Gasteiger partial charge is 0.489 e. The Labute approximate surface area is 362 Å². The highest BCUT2D eigenvalue weighted by atomic mass is 35.5. The third kappa shape index (κ3) is 13.9. The molecule has 61 heavy (non-hydrogen) atoms. The molecule has 18 heteroatoms. The van der Waals surface area contributed by atoms with Crippen molar-refractivity contribution in [2.24, 2.45) is 5.16 Å². The minimum atomic E-state index is -1.62. The molecule has 1 saturated heterocycles. The van der Waals surface area contributed by atoms with Crippen molar-refractivity contribution in [3.63, 3.8) is 0 Å². The van der Waals surface area contributed by atoms with Gasteiger partial charge in [0.15, 0.2) is 11.2 Å². The van der Waals surface area contributed by atoms with Crippen LogP contribution in [-0.4, -0.2) is 93.7 Å². The van der Waals surface area contributed by atoms with Crippen molar-refractivity contribution in [1.29, 1.82) is 5.41 Å².